The van der Waals surface area contributed by atoms with E-state index in [1.807, 2.05) is 6.92 Å². The van der Waals surface area contributed by atoms with Crippen LogP contribution in [0.2, 0.25) is 0 Å². The predicted octanol–water partition coefficient (Wildman–Crippen LogP) is 1.23. The molecule has 0 saturated heterocycles. The van der Waals surface area contributed by atoms with Gasteiger partial charge in [-0.05, 0) is 37.7 Å². The average Bonchev–Trinajstić information content (AvgIpc) is 3.11. The number of hydrogen-bond donors (Lipinski definition) is 3. The first kappa shape index (κ1) is 14.7. The van der Waals surface area contributed by atoms with Crippen LogP contribution in [0.3, 0.4) is 0 Å². The molecule has 0 amide bonds. The van der Waals surface area contributed by atoms with Crippen LogP contribution < -0.4 is 5.32 Å². The maximum atomic E-state index is 9.24. The maximum Gasteiger partial charge on any atom is 0.488 e. The van der Waals surface area contributed by atoms with Gasteiger partial charge in [0.25, 0.3) is 0 Å². The molecule has 0 aliphatic heterocycles. The van der Waals surface area contributed by atoms with Gasteiger partial charge in [-0.15, -0.1) is 0 Å². The Hall–Kier alpha value is -1.33. The number of nitrogens with zero attached hydrogens (tertiary/aromatic N) is 1. The largest absolute Gasteiger partial charge is 0.488 e. The molecule has 1 fully saturated rings. The molecular formula is C13H21BN2O2. The summed E-state index contributed by atoms with van der Waals surface area (Å²) in [6, 6.07) is 0.486. The number of nitrogens with one attached hydrogen (secondary N) is 1. The Morgan fingerprint density at radius 2 is 2.06 bits per heavy atom. The van der Waals surface area contributed by atoms with E-state index in [-0.39, 0.29) is 0 Å². The number of allylic oxidation sites excluding steroid dienone is 3. The molecule has 0 unspecified atom stereocenters. The zero-order chi connectivity index (χ0) is 13.7. The Bertz CT molecular complexity index is 407. The molecule has 1 saturated carbocycles. The van der Waals surface area contributed by atoms with E-state index in [2.05, 4.69) is 16.9 Å². The van der Waals surface area contributed by atoms with Crippen molar-refractivity contribution in [3.63, 3.8) is 0 Å². The van der Waals surface area contributed by atoms with Crippen molar-refractivity contribution in [2.24, 2.45) is 4.99 Å². The van der Waals surface area contributed by atoms with Crippen molar-refractivity contribution >= 4 is 13.0 Å². The van der Waals surface area contributed by atoms with E-state index >= 15 is 0 Å². The second-order valence-electron chi connectivity index (χ2n) is 4.49. The maximum absolute atomic E-state index is 9.24. The Morgan fingerprint density at radius 3 is 2.39 bits per heavy atom. The first-order valence-corrected chi connectivity index (χ1v) is 6.13. The van der Waals surface area contributed by atoms with Crippen LogP contribution in [0.15, 0.2) is 40.3 Å². The lowest BCUT2D eigenvalue weighted by Gasteiger charge is -2.13. The van der Waals surface area contributed by atoms with Gasteiger partial charge in [0, 0.05) is 18.7 Å². The molecule has 0 radical (unpaired) electrons. The van der Waals surface area contributed by atoms with Crippen LogP contribution >= 0.6 is 0 Å². The molecular weight excluding hydrogens is 227 g/mol. The summed E-state index contributed by atoms with van der Waals surface area (Å²) in [6.45, 7) is 7.56. The topological polar surface area (TPSA) is 64.8 Å². The molecule has 98 valence electrons. The summed E-state index contributed by atoms with van der Waals surface area (Å²) in [5.74, 6) is 0.755. The van der Waals surface area contributed by atoms with E-state index in [4.69, 9.17) is 0 Å². The molecule has 1 aliphatic rings. The number of aliphatic imine (C=N–C) groups is 1. The predicted molar refractivity (Wildman–Crippen MR) is 76.4 cm³/mol. The quantitative estimate of drug-likeness (QED) is 0.297. The lowest BCUT2D eigenvalue weighted by Crippen LogP contribution is -2.28. The van der Waals surface area contributed by atoms with Crippen molar-refractivity contribution in [3.8, 4) is 0 Å². The summed E-state index contributed by atoms with van der Waals surface area (Å²) < 4.78 is 0. The molecule has 0 bridgehead atoms. The highest BCUT2D eigenvalue weighted by molar-refractivity contribution is 6.52. The van der Waals surface area contributed by atoms with Crippen LogP contribution in [-0.4, -0.2) is 36.1 Å². The Labute approximate surface area is 109 Å². The summed E-state index contributed by atoms with van der Waals surface area (Å²) >= 11 is 0. The fourth-order valence-corrected chi connectivity index (χ4v) is 1.55. The van der Waals surface area contributed by atoms with Crippen molar-refractivity contribution in [3.05, 3.63) is 35.3 Å². The average molecular weight is 248 g/mol. The van der Waals surface area contributed by atoms with Crippen LogP contribution in [-0.2, 0) is 0 Å². The van der Waals surface area contributed by atoms with Gasteiger partial charge in [0.15, 0.2) is 0 Å². The minimum Gasteiger partial charge on any atom is -0.423 e. The molecule has 4 nitrogen and oxygen atoms in total. The summed E-state index contributed by atoms with van der Waals surface area (Å²) in [5.41, 5.74) is 2.08. The lowest BCUT2D eigenvalue weighted by molar-refractivity contribution is 0.420. The van der Waals surface area contributed by atoms with E-state index in [9.17, 15) is 10.0 Å². The van der Waals surface area contributed by atoms with Gasteiger partial charge >= 0.3 is 7.12 Å². The van der Waals surface area contributed by atoms with Crippen LogP contribution in [0.25, 0.3) is 0 Å². The fraction of sp³-hybridized carbons (Fsp3) is 0.462. The monoisotopic (exact) mass is 248 g/mol. The molecule has 1 aliphatic carbocycles. The molecule has 3 N–H and O–H groups in total. The SMILES string of the molecule is C=C(C)C(=C\C(=C/C)B(O)O)/C(=N\C)NC1CC1. The Morgan fingerprint density at radius 1 is 1.44 bits per heavy atom. The third-order valence-corrected chi connectivity index (χ3v) is 2.80. The fourth-order valence-electron chi connectivity index (χ4n) is 1.55. The van der Waals surface area contributed by atoms with Gasteiger partial charge in [-0.3, -0.25) is 4.99 Å². The van der Waals surface area contributed by atoms with Gasteiger partial charge < -0.3 is 15.4 Å². The number of hydrogen-bond acceptors (Lipinski definition) is 3. The minimum absolute atomic E-state index is 0.437. The van der Waals surface area contributed by atoms with Gasteiger partial charge in [0.2, 0.25) is 0 Å². The molecule has 0 heterocycles. The molecule has 0 spiro atoms. The molecule has 0 aromatic rings. The van der Waals surface area contributed by atoms with Crippen molar-refractivity contribution in [2.75, 3.05) is 7.05 Å². The van der Waals surface area contributed by atoms with Crippen LogP contribution in [0.4, 0.5) is 0 Å². The summed E-state index contributed by atoms with van der Waals surface area (Å²) in [4.78, 5) is 4.22. The van der Waals surface area contributed by atoms with Crippen LogP contribution in [0, 0.1) is 0 Å². The third kappa shape index (κ3) is 4.16. The van der Waals surface area contributed by atoms with Crippen LogP contribution in [0.1, 0.15) is 26.7 Å². The summed E-state index contributed by atoms with van der Waals surface area (Å²) in [5, 5.41) is 21.8. The molecule has 5 heteroatoms. The highest BCUT2D eigenvalue weighted by Gasteiger charge is 2.24. The lowest BCUT2D eigenvalue weighted by atomic mass is 9.77. The van der Waals surface area contributed by atoms with E-state index < -0.39 is 7.12 Å². The highest BCUT2D eigenvalue weighted by atomic mass is 16.4. The molecule has 0 aromatic carbocycles. The van der Waals surface area contributed by atoms with Gasteiger partial charge in [-0.1, -0.05) is 18.7 Å². The van der Waals surface area contributed by atoms with Crippen LogP contribution in [0.5, 0.6) is 0 Å². The van der Waals surface area contributed by atoms with Gasteiger partial charge in [-0.25, -0.2) is 0 Å². The highest BCUT2D eigenvalue weighted by Crippen LogP contribution is 2.21. The summed E-state index contributed by atoms with van der Waals surface area (Å²) in [6.07, 6.45) is 5.69. The van der Waals surface area contributed by atoms with Crippen molar-refractivity contribution < 1.29 is 10.0 Å². The second-order valence-corrected chi connectivity index (χ2v) is 4.49. The van der Waals surface area contributed by atoms with Crippen molar-refractivity contribution in [1.29, 1.82) is 0 Å². The minimum atomic E-state index is -1.48. The first-order valence-electron chi connectivity index (χ1n) is 6.13. The van der Waals surface area contributed by atoms with E-state index in [0.717, 1.165) is 29.8 Å². The molecule has 1 rings (SSSR count). The first-order chi connectivity index (χ1) is 8.49. The van der Waals surface area contributed by atoms with Crippen molar-refractivity contribution in [1.82, 2.24) is 5.32 Å². The van der Waals surface area contributed by atoms with Gasteiger partial charge in [-0.2, -0.15) is 0 Å². The smallest absolute Gasteiger partial charge is 0.423 e. The zero-order valence-corrected chi connectivity index (χ0v) is 11.3. The Kier molecular flexibility index (Phi) is 5.37. The van der Waals surface area contributed by atoms with E-state index in [1.54, 1.807) is 26.1 Å². The molecule has 0 atom stereocenters. The molecule has 0 aromatic heterocycles. The zero-order valence-electron chi connectivity index (χ0n) is 11.3. The normalized spacial score (nSPS) is 17.7. The third-order valence-electron chi connectivity index (χ3n) is 2.80. The molecule has 18 heavy (non-hydrogen) atoms. The Balaban J connectivity index is 2.99. The number of amidine groups is 1. The van der Waals surface area contributed by atoms with E-state index in [0.29, 0.717) is 11.5 Å². The van der Waals surface area contributed by atoms with E-state index in [1.165, 1.54) is 0 Å². The van der Waals surface area contributed by atoms with Gasteiger partial charge in [0.1, 0.15) is 5.84 Å². The second kappa shape index (κ2) is 6.57. The van der Waals surface area contributed by atoms with Gasteiger partial charge in [0.05, 0.1) is 0 Å². The summed E-state index contributed by atoms with van der Waals surface area (Å²) in [7, 11) is 0.232. The van der Waals surface area contributed by atoms with Crippen molar-refractivity contribution in [2.45, 2.75) is 32.7 Å². The standard InChI is InChI=1S/C13H21BN2O2/c1-5-10(14(17)18)8-12(9(2)3)13(15-4)16-11-6-7-11/h5,8,11,17-18H,2,6-7H2,1,3-4H3,(H,15,16)/b10-5+,12-8+. The number of rotatable bonds is 5.